The topological polar surface area (TPSA) is 69.8 Å². The van der Waals surface area contributed by atoms with Gasteiger partial charge < -0.3 is 10.6 Å². The van der Waals surface area contributed by atoms with Gasteiger partial charge in [0.1, 0.15) is 5.82 Å². The first-order chi connectivity index (χ1) is 10.2. The van der Waals surface area contributed by atoms with Gasteiger partial charge in [-0.25, -0.2) is 9.18 Å². The van der Waals surface area contributed by atoms with Crippen LogP contribution in [0.4, 0.5) is 9.18 Å². The highest BCUT2D eigenvalue weighted by molar-refractivity contribution is 5.74. The van der Waals surface area contributed by atoms with E-state index in [0.29, 0.717) is 6.54 Å². The Morgan fingerprint density at radius 3 is 3.00 bits per heavy atom. The Morgan fingerprint density at radius 1 is 1.38 bits per heavy atom. The third-order valence-corrected chi connectivity index (χ3v) is 3.72. The van der Waals surface area contributed by atoms with Crippen LogP contribution in [0.5, 0.6) is 0 Å². The fourth-order valence-corrected chi connectivity index (χ4v) is 2.55. The molecule has 1 atom stereocenters. The van der Waals surface area contributed by atoms with Crippen molar-refractivity contribution in [2.75, 3.05) is 0 Å². The van der Waals surface area contributed by atoms with Crippen molar-refractivity contribution in [2.45, 2.75) is 31.8 Å². The van der Waals surface area contributed by atoms with E-state index in [2.05, 4.69) is 20.8 Å². The molecule has 2 amide bonds. The van der Waals surface area contributed by atoms with Crippen molar-refractivity contribution in [3.05, 3.63) is 53.1 Å². The molecular formula is C15H17FN4O. The van der Waals surface area contributed by atoms with Gasteiger partial charge in [-0.2, -0.15) is 5.10 Å². The zero-order valence-electron chi connectivity index (χ0n) is 11.5. The van der Waals surface area contributed by atoms with Crippen molar-refractivity contribution in [1.82, 2.24) is 20.8 Å². The second kappa shape index (κ2) is 5.95. The molecule has 110 valence electrons. The zero-order valence-corrected chi connectivity index (χ0v) is 11.5. The number of carbonyl (C=O) groups is 1. The molecule has 3 rings (SSSR count). The van der Waals surface area contributed by atoms with Crippen molar-refractivity contribution in [1.29, 1.82) is 0 Å². The molecular weight excluding hydrogens is 271 g/mol. The number of hydrogen-bond acceptors (Lipinski definition) is 2. The molecule has 1 aliphatic carbocycles. The molecule has 0 radical (unpaired) electrons. The Kier molecular flexibility index (Phi) is 3.85. The Hall–Kier alpha value is -2.37. The molecule has 1 aliphatic rings. The molecule has 1 heterocycles. The maximum absolute atomic E-state index is 12.8. The van der Waals surface area contributed by atoms with E-state index in [1.165, 1.54) is 17.7 Å². The van der Waals surface area contributed by atoms with Crippen molar-refractivity contribution >= 4 is 6.03 Å². The summed E-state index contributed by atoms with van der Waals surface area (Å²) in [4.78, 5) is 11.9. The van der Waals surface area contributed by atoms with Gasteiger partial charge >= 0.3 is 6.03 Å². The SMILES string of the molecule is O=C(NCc1ccc(F)cc1)NC1CCc2cn[nH]c2C1. The van der Waals surface area contributed by atoms with Gasteiger partial charge in [0.25, 0.3) is 0 Å². The van der Waals surface area contributed by atoms with E-state index < -0.39 is 0 Å². The van der Waals surface area contributed by atoms with Crippen LogP contribution >= 0.6 is 0 Å². The second-order valence-corrected chi connectivity index (χ2v) is 5.27. The van der Waals surface area contributed by atoms with Gasteiger partial charge in [0.05, 0.1) is 6.20 Å². The number of carbonyl (C=O) groups excluding carboxylic acids is 1. The molecule has 0 spiro atoms. The van der Waals surface area contributed by atoms with Crippen molar-refractivity contribution in [2.24, 2.45) is 0 Å². The number of amides is 2. The van der Waals surface area contributed by atoms with E-state index in [1.807, 2.05) is 6.20 Å². The summed E-state index contributed by atoms with van der Waals surface area (Å²) in [5, 5.41) is 12.7. The molecule has 1 aromatic heterocycles. The largest absolute Gasteiger partial charge is 0.335 e. The van der Waals surface area contributed by atoms with E-state index in [9.17, 15) is 9.18 Å². The first-order valence-corrected chi connectivity index (χ1v) is 7.00. The second-order valence-electron chi connectivity index (χ2n) is 5.27. The molecule has 2 aromatic rings. The van der Waals surface area contributed by atoms with Crippen LogP contribution in [0, 0.1) is 5.82 Å². The molecule has 1 aromatic carbocycles. The molecule has 1 unspecified atom stereocenters. The maximum atomic E-state index is 12.8. The Balaban J connectivity index is 1.47. The number of urea groups is 1. The highest BCUT2D eigenvalue weighted by atomic mass is 19.1. The third-order valence-electron chi connectivity index (χ3n) is 3.72. The number of fused-ring (bicyclic) bond motifs is 1. The number of nitrogens with zero attached hydrogens (tertiary/aromatic N) is 1. The standard InChI is InChI=1S/C15H17FN4O/c16-12-4-1-10(2-5-12)8-17-15(21)19-13-6-3-11-9-18-20-14(11)7-13/h1-2,4-5,9,13H,3,6-8H2,(H,18,20)(H2,17,19,21). The predicted octanol–water partition coefficient (Wildman–Crippen LogP) is 1.91. The Bertz CT molecular complexity index is 623. The van der Waals surface area contributed by atoms with Crippen LogP contribution in [0.3, 0.4) is 0 Å². The summed E-state index contributed by atoms with van der Waals surface area (Å²) in [5.74, 6) is -0.277. The number of hydrogen-bond donors (Lipinski definition) is 3. The number of H-pyrrole nitrogens is 1. The summed E-state index contributed by atoms with van der Waals surface area (Å²) in [5.41, 5.74) is 3.20. The van der Waals surface area contributed by atoms with Gasteiger partial charge in [-0.05, 0) is 36.1 Å². The van der Waals surface area contributed by atoms with E-state index in [-0.39, 0.29) is 17.9 Å². The van der Waals surface area contributed by atoms with E-state index >= 15 is 0 Å². The van der Waals surface area contributed by atoms with Crippen LogP contribution in [-0.4, -0.2) is 22.3 Å². The maximum Gasteiger partial charge on any atom is 0.315 e. The van der Waals surface area contributed by atoms with Crippen LogP contribution in [-0.2, 0) is 19.4 Å². The zero-order chi connectivity index (χ0) is 14.7. The summed E-state index contributed by atoms with van der Waals surface area (Å²) in [6.45, 7) is 0.383. The molecule has 0 fully saturated rings. The summed E-state index contributed by atoms with van der Waals surface area (Å²) in [7, 11) is 0. The summed E-state index contributed by atoms with van der Waals surface area (Å²) in [6, 6.07) is 6.00. The van der Waals surface area contributed by atoms with Crippen molar-refractivity contribution in [3.63, 3.8) is 0 Å². The lowest BCUT2D eigenvalue weighted by molar-refractivity contribution is 0.235. The van der Waals surface area contributed by atoms with Crippen LogP contribution in [0.25, 0.3) is 0 Å². The highest BCUT2D eigenvalue weighted by Crippen LogP contribution is 2.18. The molecule has 0 bridgehead atoms. The third kappa shape index (κ3) is 3.39. The number of aromatic amines is 1. The van der Waals surface area contributed by atoms with E-state index in [0.717, 1.165) is 30.5 Å². The van der Waals surface area contributed by atoms with Gasteiger partial charge in [0.15, 0.2) is 0 Å². The van der Waals surface area contributed by atoms with Gasteiger partial charge in [-0.15, -0.1) is 0 Å². The first-order valence-electron chi connectivity index (χ1n) is 7.00. The first kappa shape index (κ1) is 13.6. The molecule has 0 saturated carbocycles. The van der Waals surface area contributed by atoms with Crippen molar-refractivity contribution < 1.29 is 9.18 Å². The van der Waals surface area contributed by atoms with Gasteiger partial charge in [0.2, 0.25) is 0 Å². The van der Waals surface area contributed by atoms with E-state index in [1.54, 1.807) is 12.1 Å². The van der Waals surface area contributed by atoms with Crippen LogP contribution in [0.1, 0.15) is 23.2 Å². The van der Waals surface area contributed by atoms with Gasteiger partial charge in [-0.1, -0.05) is 12.1 Å². The normalized spacial score (nSPS) is 17.1. The van der Waals surface area contributed by atoms with Gasteiger partial charge in [0, 0.05) is 24.7 Å². The van der Waals surface area contributed by atoms with Crippen LogP contribution in [0.2, 0.25) is 0 Å². The number of aryl methyl sites for hydroxylation is 1. The lowest BCUT2D eigenvalue weighted by Crippen LogP contribution is -2.44. The smallest absolute Gasteiger partial charge is 0.315 e. The minimum atomic E-state index is -0.277. The van der Waals surface area contributed by atoms with Gasteiger partial charge in [-0.3, -0.25) is 5.10 Å². The Labute approximate surface area is 121 Å². The molecule has 3 N–H and O–H groups in total. The molecule has 5 nitrogen and oxygen atoms in total. The fraction of sp³-hybridized carbons (Fsp3) is 0.333. The molecule has 21 heavy (non-hydrogen) atoms. The van der Waals surface area contributed by atoms with Crippen LogP contribution < -0.4 is 10.6 Å². The minimum Gasteiger partial charge on any atom is -0.335 e. The van der Waals surface area contributed by atoms with Crippen molar-refractivity contribution in [3.8, 4) is 0 Å². The minimum absolute atomic E-state index is 0.117. The lowest BCUT2D eigenvalue weighted by Gasteiger charge is -2.22. The number of rotatable bonds is 3. The van der Waals surface area contributed by atoms with Crippen LogP contribution in [0.15, 0.2) is 30.5 Å². The summed E-state index contributed by atoms with van der Waals surface area (Å²) >= 11 is 0. The summed E-state index contributed by atoms with van der Waals surface area (Å²) < 4.78 is 12.8. The fourth-order valence-electron chi connectivity index (χ4n) is 2.55. The Morgan fingerprint density at radius 2 is 2.19 bits per heavy atom. The molecule has 0 saturated heterocycles. The quantitative estimate of drug-likeness (QED) is 0.807. The molecule has 0 aliphatic heterocycles. The number of nitrogens with one attached hydrogen (secondary N) is 3. The predicted molar refractivity (Wildman–Crippen MR) is 76.2 cm³/mol. The number of halogens is 1. The summed E-state index contributed by atoms with van der Waals surface area (Å²) in [6.07, 6.45) is 4.46. The average Bonchev–Trinajstić information content (AvgIpc) is 2.94. The number of benzene rings is 1. The average molecular weight is 288 g/mol. The lowest BCUT2D eigenvalue weighted by atomic mass is 9.94. The number of aromatic nitrogens is 2. The molecule has 6 heteroatoms. The van der Waals surface area contributed by atoms with E-state index in [4.69, 9.17) is 0 Å². The monoisotopic (exact) mass is 288 g/mol. The highest BCUT2D eigenvalue weighted by Gasteiger charge is 2.21.